The number of hydrogen-bond acceptors (Lipinski definition) is 3. The number of hydrogen-bond donors (Lipinski definition) is 2. The molecule has 1 aromatic rings. The van der Waals surface area contributed by atoms with Crippen LogP contribution in [0.2, 0.25) is 5.02 Å². The highest BCUT2D eigenvalue weighted by Gasteiger charge is 2.23. The molecule has 0 amide bonds. The Morgan fingerprint density at radius 2 is 1.86 bits per heavy atom. The highest BCUT2D eigenvalue weighted by molar-refractivity contribution is 7.89. The average Bonchev–Trinajstić information content (AvgIpc) is 2.69. The van der Waals surface area contributed by atoms with E-state index in [-0.39, 0.29) is 21.5 Å². The van der Waals surface area contributed by atoms with Gasteiger partial charge in [-0.25, -0.2) is 17.5 Å². The summed E-state index contributed by atoms with van der Waals surface area (Å²) in [5.41, 5.74) is 0.0675. The first-order valence-corrected chi connectivity index (χ1v) is 8.91. The fraction of sp³-hybridized carbons (Fsp3) is 0.571. The number of halogens is 2. The van der Waals surface area contributed by atoms with Crippen molar-refractivity contribution in [3.05, 3.63) is 28.5 Å². The van der Waals surface area contributed by atoms with Crippen LogP contribution in [0.25, 0.3) is 0 Å². The fourth-order valence-electron chi connectivity index (χ4n) is 2.57. The molecule has 1 fully saturated rings. The SMILES string of the molecule is O=S(=O)(NC1CCCCCC1)c1cc(F)c(Cl)c(CO)c1. The van der Waals surface area contributed by atoms with Gasteiger partial charge in [0.05, 0.1) is 16.5 Å². The van der Waals surface area contributed by atoms with Crippen LogP contribution >= 0.6 is 11.6 Å². The number of benzene rings is 1. The van der Waals surface area contributed by atoms with Gasteiger partial charge in [0, 0.05) is 11.6 Å². The van der Waals surface area contributed by atoms with E-state index in [0.29, 0.717) is 0 Å². The van der Waals surface area contributed by atoms with Gasteiger partial charge in [-0.05, 0) is 25.0 Å². The van der Waals surface area contributed by atoms with Gasteiger partial charge in [-0.3, -0.25) is 0 Å². The highest BCUT2D eigenvalue weighted by atomic mass is 35.5. The van der Waals surface area contributed by atoms with Crippen molar-refractivity contribution in [2.45, 2.75) is 56.1 Å². The fourth-order valence-corrected chi connectivity index (χ4v) is 4.11. The predicted molar refractivity (Wildman–Crippen MR) is 79.1 cm³/mol. The molecule has 0 aromatic heterocycles. The van der Waals surface area contributed by atoms with Crippen molar-refractivity contribution in [1.82, 2.24) is 4.72 Å². The van der Waals surface area contributed by atoms with Gasteiger partial charge in [0.15, 0.2) is 0 Å². The van der Waals surface area contributed by atoms with Gasteiger partial charge in [-0.2, -0.15) is 0 Å². The molecule has 0 atom stereocenters. The minimum atomic E-state index is -3.81. The summed E-state index contributed by atoms with van der Waals surface area (Å²) in [6.07, 6.45) is 5.79. The topological polar surface area (TPSA) is 66.4 Å². The summed E-state index contributed by atoms with van der Waals surface area (Å²) in [5, 5.41) is 8.88. The molecule has 2 rings (SSSR count). The van der Waals surface area contributed by atoms with Gasteiger partial charge >= 0.3 is 0 Å². The van der Waals surface area contributed by atoms with Gasteiger partial charge in [0.1, 0.15) is 5.82 Å². The molecule has 1 saturated carbocycles. The number of aliphatic hydroxyl groups excluding tert-OH is 1. The quantitative estimate of drug-likeness (QED) is 0.831. The van der Waals surface area contributed by atoms with Gasteiger partial charge in [-0.1, -0.05) is 37.3 Å². The molecule has 0 aliphatic heterocycles. The zero-order valence-electron chi connectivity index (χ0n) is 11.6. The molecule has 1 aromatic carbocycles. The molecule has 1 aliphatic rings. The summed E-state index contributed by atoms with van der Waals surface area (Å²) < 4.78 is 41.0. The summed E-state index contributed by atoms with van der Waals surface area (Å²) in [6, 6.07) is 1.99. The largest absolute Gasteiger partial charge is 0.392 e. The third-order valence-electron chi connectivity index (χ3n) is 3.73. The molecule has 0 bridgehead atoms. The number of nitrogens with one attached hydrogen (secondary N) is 1. The van der Waals surface area contributed by atoms with Crippen LogP contribution in [-0.2, 0) is 16.6 Å². The Bertz CT molecular complexity index is 598. The van der Waals surface area contributed by atoms with Crippen molar-refractivity contribution in [2.75, 3.05) is 0 Å². The third kappa shape index (κ3) is 4.16. The summed E-state index contributed by atoms with van der Waals surface area (Å²) in [4.78, 5) is -0.197. The van der Waals surface area contributed by atoms with E-state index in [4.69, 9.17) is 16.7 Å². The van der Waals surface area contributed by atoms with E-state index in [1.165, 1.54) is 6.07 Å². The van der Waals surface area contributed by atoms with Gasteiger partial charge < -0.3 is 5.11 Å². The first-order valence-electron chi connectivity index (χ1n) is 7.05. The van der Waals surface area contributed by atoms with Crippen molar-refractivity contribution in [2.24, 2.45) is 0 Å². The normalized spacial score (nSPS) is 17.7. The van der Waals surface area contributed by atoms with Crippen molar-refractivity contribution in [3.63, 3.8) is 0 Å². The van der Waals surface area contributed by atoms with Crippen LogP contribution in [0.5, 0.6) is 0 Å². The van der Waals surface area contributed by atoms with Crippen LogP contribution in [-0.4, -0.2) is 19.6 Å². The zero-order chi connectivity index (χ0) is 15.5. The molecule has 7 heteroatoms. The number of sulfonamides is 1. The number of aliphatic hydroxyl groups is 1. The Morgan fingerprint density at radius 3 is 2.43 bits per heavy atom. The maximum Gasteiger partial charge on any atom is 0.240 e. The monoisotopic (exact) mass is 335 g/mol. The maximum absolute atomic E-state index is 13.7. The molecule has 0 radical (unpaired) electrons. The molecule has 118 valence electrons. The van der Waals surface area contributed by atoms with Crippen LogP contribution in [0.15, 0.2) is 17.0 Å². The average molecular weight is 336 g/mol. The molecule has 1 aliphatic carbocycles. The Hall–Kier alpha value is -0.690. The van der Waals surface area contributed by atoms with Gasteiger partial charge in [-0.15, -0.1) is 0 Å². The lowest BCUT2D eigenvalue weighted by Gasteiger charge is -2.17. The summed E-state index contributed by atoms with van der Waals surface area (Å²) in [6.45, 7) is -0.511. The van der Waals surface area contributed by atoms with Crippen LogP contribution < -0.4 is 4.72 Å². The van der Waals surface area contributed by atoms with E-state index in [9.17, 15) is 12.8 Å². The Kier molecular flexibility index (Phi) is 5.60. The van der Waals surface area contributed by atoms with Crippen LogP contribution in [0, 0.1) is 5.82 Å². The second-order valence-electron chi connectivity index (χ2n) is 5.35. The van der Waals surface area contributed by atoms with E-state index in [1.54, 1.807) is 0 Å². The van der Waals surface area contributed by atoms with Crippen LogP contribution in [0.1, 0.15) is 44.1 Å². The van der Waals surface area contributed by atoms with Crippen molar-refractivity contribution in [1.29, 1.82) is 0 Å². The Morgan fingerprint density at radius 1 is 1.24 bits per heavy atom. The third-order valence-corrected chi connectivity index (χ3v) is 5.66. The minimum Gasteiger partial charge on any atom is -0.392 e. The minimum absolute atomic E-state index is 0.0675. The molecule has 4 nitrogen and oxygen atoms in total. The van der Waals surface area contributed by atoms with Crippen LogP contribution in [0.4, 0.5) is 4.39 Å². The van der Waals surface area contributed by atoms with E-state index in [0.717, 1.165) is 44.6 Å². The molecule has 0 saturated heterocycles. The Labute approximate surface area is 129 Å². The maximum atomic E-state index is 13.7. The van der Waals surface area contributed by atoms with Crippen molar-refractivity contribution in [3.8, 4) is 0 Å². The van der Waals surface area contributed by atoms with Crippen LogP contribution in [0.3, 0.4) is 0 Å². The standard InChI is InChI=1S/C14H19ClFNO3S/c15-14-10(9-18)7-12(8-13(14)16)21(19,20)17-11-5-3-1-2-4-6-11/h7-8,11,17-18H,1-6,9H2. The smallest absolute Gasteiger partial charge is 0.240 e. The molecule has 2 N–H and O–H groups in total. The molecule has 0 spiro atoms. The lowest BCUT2D eigenvalue weighted by atomic mass is 10.1. The first-order chi connectivity index (χ1) is 9.94. The first kappa shape index (κ1) is 16.7. The highest BCUT2D eigenvalue weighted by Crippen LogP contribution is 2.25. The summed E-state index contributed by atoms with van der Waals surface area (Å²) in [7, 11) is -3.81. The molecular weight excluding hydrogens is 317 g/mol. The van der Waals surface area contributed by atoms with Crippen molar-refractivity contribution >= 4 is 21.6 Å². The lowest BCUT2D eigenvalue weighted by Crippen LogP contribution is -2.34. The summed E-state index contributed by atoms with van der Waals surface area (Å²) in [5.74, 6) is -0.843. The van der Waals surface area contributed by atoms with Crippen molar-refractivity contribution < 1.29 is 17.9 Å². The molecule has 0 unspecified atom stereocenters. The van der Waals surface area contributed by atoms with Gasteiger partial charge in [0.25, 0.3) is 0 Å². The Balaban J connectivity index is 2.24. The number of rotatable bonds is 4. The predicted octanol–water partition coefficient (Wildman–Crippen LogP) is 2.97. The lowest BCUT2D eigenvalue weighted by molar-refractivity contribution is 0.281. The van der Waals surface area contributed by atoms with E-state index in [1.807, 2.05) is 0 Å². The van der Waals surface area contributed by atoms with E-state index in [2.05, 4.69) is 4.72 Å². The zero-order valence-corrected chi connectivity index (χ0v) is 13.2. The second-order valence-corrected chi connectivity index (χ2v) is 7.44. The molecule has 0 heterocycles. The van der Waals surface area contributed by atoms with E-state index < -0.39 is 22.4 Å². The second kappa shape index (κ2) is 7.05. The molecular formula is C14H19ClFNO3S. The molecule has 21 heavy (non-hydrogen) atoms. The van der Waals surface area contributed by atoms with E-state index >= 15 is 0 Å². The summed E-state index contributed by atoms with van der Waals surface area (Å²) >= 11 is 5.68. The van der Waals surface area contributed by atoms with Gasteiger partial charge in [0.2, 0.25) is 10.0 Å².